The van der Waals surface area contributed by atoms with E-state index in [-0.39, 0.29) is 5.56 Å². The van der Waals surface area contributed by atoms with Crippen LogP contribution in [-0.4, -0.2) is 25.2 Å². The summed E-state index contributed by atoms with van der Waals surface area (Å²) in [7, 11) is 0. The van der Waals surface area contributed by atoms with Crippen molar-refractivity contribution in [1.82, 2.24) is 25.2 Å². The van der Waals surface area contributed by atoms with Crippen LogP contribution in [-0.2, 0) is 12.8 Å². The molecule has 3 aromatic carbocycles. The van der Waals surface area contributed by atoms with Gasteiger partial charge in [-0.15, -0.1) is 5.10 Å². The highest BCUT2D eigenvalue weighted by Gasteiger charge is 2.15. The summed E-state index contributed by atoms with van der Waals surface area (Å²) in [6.07, 6.45) is 3.66. The van der Waals surface area contributed by atoms with E-state index in [1.807, 2.05) is 60.0 Å². The number of nitrogens with zero attached hydrogens (tertiary/aromatic N) is 4. The smallest absolute Gasteiger partial charge is 0.259 e. The average Bonchev–Trinajstić information content (AvgIpc) is 3.45. The zero-order valence-electron chi connectivity index (χ0n) is 20.6. The summed E-state index contributed by atoms with van der Waals surface area (Å²) >= 11 is 0. The topological polar surface area (TPSA) is 76.5 Å². The van der Waals surface area contributed by atoms with Gasteiger partial charge in [-0.3, -0.25) is 9.36 Å². The predicted molar refractivity (Wildman–Crippen MR) is 143 cm³/mol. The number of para-hydroxylation sites is 1. The van der Waals surface area contributed by atoms with Crippen molar-refractivity contribution in [2.75, 3.05) is 0 Å². The van der Waals surface area contributed by atoms with E-state index in [0.29, 0.717) is 12.2 Å². The monoisotopic (exact) mass is 475 g/mol. The maximum absolute atomic E-state index is 13.8. The molecule has 0 aliphatic carbocycles. The molecular formula is C30H29N5O. The molecule has 6 nitrogen and oxygen atoms in total. The summed E-state index contributed by atoms with van der Waals surface area (Å²) in [5, 5.41) is 14.4. The Morgan fingerprint density at radius 1 is 0.889 bits per heavy atom. The van der Waals surface area contributed by atoms with E-state index < -0.39 is 0 Å². The van der Waals surface area contributed by atoms with E-state index >= 15 is 0 Å². The number of nitrogens with one attached hydrogen (secondary N) is 1. The van der Waals surface area contributed by atoms with Crippen LogP contribution >= 0.6 is 0 Å². The second-order valence-electron chi connectivity index (χ2n) is 9.04. The molecule has 36 heavy (non-hydrogen) atoms. The minimum Gasteiger partial charge on any atom is -0.281 e. The Kier molecular flexibility index (Phi) is 6.85. The molecule has 1 N–H and O–H groups in total. The number of rotatable bonds is 8. The van der Waals surface area contributed by atoms with Gasteiger partial charge in [-0.1, -0.05) is 80.1 Å². The standard InChI is InChI=1S/C30H29N5O/c1-3-4-10-24-19-21(2)35(25-11-6-5-7-12-25)30(36)28(24)20-22-15-17-23(18-16-22)26-13-8-9-14-27(26)29-31-33-34-32-29/h5-9,11-19H,3-4,10,20H2,1-2H3,(H,31,32,33,34). The van der Waals surface area contributed by atoms with Crippen molar-refractivity contribution in [2.45, 2.75) is 39.5 Å². The number of H-pyrrole nitrogens is 1. The summed E-state index contributed by atoms with van der Waals surface area (Å²) in [6, 6.07) is 28.6. The first-order chi connectivity index (χ1) is 17.7. The molecule has 0 spiro atoms. The molecule has 0 amide bonds. The Morgan fingerprint density at radius 2 is 1.61 bits per heavy atom. The fourth-order valence-corrected chi connectivity index (χ4v) is 4.73. The van der Waals surface area contributed by atoms with Crippen molar-refractivity contribution in [2.24, 2.45) is 0 Å². The van der Waals surface area contributed by atoms with Crippen molar-refractivity contribution in [1.29, 1.82) is 0 Å². The molecule has 0 unspecified atom stereocenters. The van der Waals surface area contributed by atoms with Gasteiger partial charge < -0.3 is 0 Å². The molecule has 2 aromatic heterocycles. The zero-order valence-corrected chi connectivity index (χ0v) is 20.6. The van der Waals surface area contributed by atoms with Gasteiger partial charge in [0.2, 0.25) is 0 Å². The predicted octanol–water partition coefficient (Wildman–Crippen LogP) is 5.93. The average molecular weight is 476 g/mol. The Hall–Kier alpha value is -4.32. The third kappa shape index (κ3) is 4.75. The van der Waals surface area contributed by atoms with Crippen molar-refractivity contribution in [3.63, 3.8) is 0 Å². The van der Waals surface area contributed by atoms with Gasteiger partial charge in [0, 0.05) is 28.9 Å². The van der Waals surface area contributed by atoms with Crippen LogP contribution in [0.1, 0.15) is 42.1 Å². The molecule has 0 saturated heterocycles. The third-order valence-electron chi connectivity index (χ3n) is 6.57. The van der Waals surface area contributed by atoms with Crippen molar-refractivity contribution >= 4 is 0 Å². The van der Waals surface area contributed by atoms with Crippen LogP contribution in [0, 0.1) is 6.92 Å². The molecule has 0 radical (unpaired) electrons. The number of hydrogen-bond donors (Lipinski definition) is 1. The van der Waals surface area contributed by atoms with Crippen LogP contribution in [0.3, 0.4) is 0 Å². The number of aromatic nitrogens is 5. The number of aromatic amines is 1. The molecule has 5 rings (SSSR count). The Bertz CT molecular complexity index is 1500. The van der Waals surface area contributed by atoms with Crippen molar-refractivity contribution in [3.05, 3.63) is 118 Å². The van der Waals surface area contributed by atoms with Gasteiger partial charge in [0.25, 0.3) is 5.56 Å². The molecule has 5 aromatic rings. The van der Waals surface area contributed by atoms with Crippen LogP contribution in [0.4, 0.5) is 0 Å². The van der Waals surface area contributed by atoms with Gasteiger partial charge in [-0.25, -0.2) is 5.10 Å². The number of aryl methyl sites for hydroxylation is 2. The first kappa shape index (κ1) is 23.4. The normalized spacial score (nSPS) is 11.1. The summed E-state index contributed by atoms with van der Waals surface area (Å²) in [5.74, 6) is 0.636. The minimum absolute atomic E-state index is 0.0690. The first-order valence-electron chi connectivity index (χ1n) is 12.4. The van der Waals surface area contributed by atoms with Crippen molar-refractivity contribution < 1.29 is 0 Å². The summed E-state index contributed by atoms with van der Waals surface area (Å²) in [4.78, 5) is 13.8. The van der Waals surface area contributed by atoms with Crippen LogP contribution in [0.25, 0.3) is 28.2 Å². The van der Waals surface area contributed by atoms with E-state index in [1.54, 1.807) is 0 Å². The second kappa shape index (κ2) is 10.5. The van der Waals surface area contributed by atoms with E-state index in [4.69, 9.17) is 0 Å². The highest BCUT2D eigenvalue weighted by atomic mass is 16.1. The lowest BCUT2D eigenvalue weighted by molar-refractivity contribution is 0.774. The minimum atomic E-state index is 0.0690. The molecule has 0 aliphatic rings. The fraction of sp³-hybridized carbons (Fsp3) is 0.200. The van der Waals surface area contributed by atoms with Gasteiger partial charge in [0.15, 0.2) is 5.82 Å². The molecule has 0 aliphatic heterocycles. The Balaban J connectivity index is 1.51. The molecule has 0 fully saturated rings. The van der Waals surface area contributed by atoms with E-state index in [9.17, 15) is 4.79 Å². The first-order valence-corrected chi connectivity index (χ1v) is 12.4. The molecule has 180 valence electrons. The van der Waals surface area contributed by atoms with E-state index in [2.05, 4.69) is 63.9 Å². The lowest BCUT2D eigenvalue weighted by Gasteiger charge is -2.17. The fourth-order valence-electron chi connectivity index (χ4n) is 4.73. The lowest BCUT2D eigenvalue weighted by atomic mass is 9.94. The Morgan fingerprint density at radius 3 is 2.31 bits per heavy atom. The second-order valence-corrected chi connectivity index (χ2v) is 9.04. The van der Waals surface area contributed by atoms with Gasteiger partial charge >= 0.3 is 0 Å². The summed E-state index contributed by atoms with van der Waals surface area (Å²) < 4.78 is 1.83. The highest BCUT2D eigenvalue weighted by molar-refractivity contribution is 5.80. The number of hydrogen-bond acceptors (Lipinski definition) is 4. The third-order valence-corrected chi connectivity index (χ3v) is 6.57. The van der Waals surface area contributed by atoms with E-state index in [0.717, 1.165) is 64.0 Å². The van der Waals surface area contributed by atoms with Gasteiger partial charge in [0.1, 0.15) is 0 Å². The molecule has 0 atom stereocenters. The summed E-state index contributed by atoms with van der Waals surface area (Å²) in [6.45, 7) is 4.20. The molecule has 6 heteroatoms. The van der Waals surface area contributed by atoms with Crippen LogP contribution in [0.2, 0.25) is 0 Å². The molecule has 0 bridgehead atoms. The maximum Gasteiger partial charge on any atom is 0.259 e. The van der Waals surface area contributed by atoms with Crippen LogP contribution in [0.5, 0.6) is 0 Å². The largest absolute Gasteiger partial charge is 0.281 e. The summed E-state index contributed by atoms with van der Waals surface area (Å²) in [5.41, 5.74) is 8.14. The van der Waals surface area contributed by atoms with E-state index in [1.165, 1.54) is 0 Å². The number of unbranched alkanes of at least 4 members (excludes halogenated alkanes) is 1. The van der Waals surface area contributed by atoms with Gasteiger partial charge in [0.05, 0.1) is 0 Å². The molecule has 2 heterocycles. The Labute approximate surface area is 210 Å². The van der Waals surface area contributed by atoms with Gasteiger partial charge in [-0.2, -0.15) is 0 Å². The SMILES string of the molecule is CCCCc1cc(C)n(-c2ccccc2)c(=O)c1Cc1ccc(-c2ccccc2-c2nnn[nH]2)cc1. The number of tetrazole rings is 1. The van der Waals surface area contributed by atoms with Gasteiger partial charge in [-0.05, 0) is 70.6 Å². The quantitative estimate of drug-likeness (QED) is 0.302. The zero-order chi connectivity index (χ0) is 24.9. The van der Waals surface area contributed by atoms with Crippen LogP contribution in [0.15, 0.2) is 89.7 Å². The lowest BCUT2D eigenvalue weighted by Crippen LogP contribution is -2.26. The molecule has 0 saturated carbocycles. The highest BCUT2D eigenvalue weighted by Crippen LogP contribution is 2.30. The molecular weight excluding hydrogens is 446 g/mol. The number of benzene rings is 3. The van der Waals surface area contributed by atoms with Crippen LogP contribution < -0.4 is 5.56 Å². The van der Waals surface area contributed by atoms with Crippen molar-refractivity contribution in [3.8, 4) is 28.2 Å². The number of pyridine rings is 1. The maximum atomic E-state index is 13.8.